The lowest BCUT2D eigenvalue weighted by Crippen LogP contribution is -2.43. The molecule has 2 aromatic heterocycles. The highest BCUT2D eigenvalue weighted by Crippen LogP contribution is 1.79. The van der Waals surface area contributed by atoms with Crippen molar-refractivity contribution in [3.05, 3.63) is 61.2 Å². The summed E-state index contributed by atoms with van der Waals surface area (Å²) in [5.74, 6) is 0. The maximum Gasteiger partial charge on any atom is 0.206 e. The normalized spacial score (nSPS) is 10.0. The maximum atomic E-state index is 2.18. The van der Waals surface area contributed by atoms with Crippen molar-refractivity contribution in [3.63, 3.8) is 0 Å². The Morgan fingerprint density at radius 1 is 0.500 bits per heavy atom. The predicted molar refractivity (Wildman–Crippen MR) is 53.3 cm³/mol. The van der Waals surface area contributed by atoms with E-state index < -0.39 is 0 Å². The molecule has 14 heavy (non-hydrogen) atoms. The molecule has 0 saturated heterocycles. The third-order valence-corrected chi connectivity index (χ3v) is 2.17. The number of nitrogens with zero attached hydrogens (tertiary/aromatic N) is 2. The Hall–Kier alpha value is -1.70. The summed E-state index contributed by atoms with van der Waals surface area (Å²) in [4.78, 5) is 0. The van der Waals surface area contributed by atoms with Crippen molar-refractivity contribution in [2.45, 2.75) is 13.1 Å². The molecule has 0 amide bonds. The van der Waals surface area contributed by atoms with Gasteiger partial charge in [-0.2, -0.15) is 9.13 Å². The first-order chi connectivity index (χ1) is 6.95. The van der Waals surface area contributed by atoms with Gasteiger partial charge in [0.05, 0.1) is 0 Å². The molecule has 0 N–H and O–H groups in total. The largest absolute Gasteiger partial charge is 0.206 e. The standard InChI is InChI=1S/C12H14N2/c1-3-7-13(8-4-1)11-12-14-9-5-2-6-10-14/h1-10H,11-12H2/q+2. The minimum absolute atomic E-state index is 1.01. The lowest BCUT2D eigenvalue weighted by molar-refractivity contribution is -0.778. The fourth-order valence-corrected chi connectivity index (χ4v) is 1.40. The number of hydrogen-bond acceptors (Lipinski definition) is 0. The maximum absolute atomic E-state index is 2.18. The molecule has 0 aliphatic carbocycles. The summed E-state index contributed by atoms with van der Waals surface area (Å²) < 4.78 is 4.36. The molecule has 2 rings (SSSR count). The van der Waals surface area contributed by atoms with Crippen LogP contribution in [0.3, 0.4) is 0 Å². The van der Waals surface area contributed by atoms with E-state index >= 15 is 0 Å². The van der Waals surface area contributed by atoms with E-state index in [-0.39, 0.29) is 0 Å². The van der Waals surface area contributed by atoms with Crippen molar-refractivity contribution in [3.8, 4) is 0 Å². The summed E-state index contributed by atoms with van der Waals surface area (Å²) in [5.41, 5.74) is 0. The molecule has 0 radical (unpaired) electrons. The first-order valence-electron chi connectivity index (χ1n) is 4.83. The van der Waals surface area contributed by atoms with Crippen LogP contribution in [0.1, 0.15) is 0 Å². The van der Waals surface area contributed by atoms with E-state index in [9.17, 15) is 0 Å². The van der Waals surface area contributed by atoms with Crippen molar-refractivity contribution in [1.82, 2.24) is 0 Å². The van der Waals surface area contributed by atoms with Gasteiger partial charge in [-0.05, 0) is 0 Å². The second kappa shape index (κ2) is 4.51. The van der Waals surface area contributed by atoms with Gasteiger partial charge >= 0.3 is 0 Å². The molecule has 2 heteroatoms. The van der Waals surface area contributed by atoms with Gasteiger partial charge in [-0.15, -0.1) is 0 Å². The fourth-order valence-electron chi connectivity index (χ4n) is 1.40. The zero-order valence-corrected chi connectivity index (χ0v) is 8.08. The van der Waals surface area contributed by atoms with Crippen molar-refractivity contribution in [2.75, 3.05) is 0 Å². The molecular weight excluding hydrogens is 172 g/mol. The van der Waals surface area contributed by atoms with Crippen LogP contribution in [0.4, 0.5) is 0 Å². The highest BCUT2D eigenvalue weighted by molar-refractivity contribution is 4.84. The number of aromatic nitrogens is 2. The molecule has 0 aromatic carbocycles. The van der Waals surface area contributed by atoms with Gasteiger partial charge in [0.15, 0.2) is 24.8 Å². The fraction of sp³-hybridized carbons (Fsp3) is 0.167. The minimum Gasteiger partial charge on any atom is -0.198 e. The van der Waals surface area contributed by atoms with Crippen molar-refractivity contribution < 1.29 is 9.13 Å². The van der Waals surface area contributed by atoms with Gasteiger partial charge < -0.3 is 0 Å². The monoisotopic (exact) mass is 186 g/mol. The molecule has 0 aliphatic rings. The van der Waals surface area contributed by atoms with Crippen molar-refractivity contribution >= 4 is 0 Å². The van der Waals surface area contributed by atoms with E-state index in [1.165, 1.54) is 0 Å². The van der Waals surface area contributed by atoms with Gasteiger partial charge in [-0.3, -0.25) is 0 Å². The second-order valence-electron chi connectivity index (χ2n) is 3.23. The van der Waals surface area contributed by atoms with Crippen molar-refractivity contribution in [1.29, 1.82) is 0 Å². The molecule has 0 atom stereocenters. The third-order valence-electron chi connectivity index (χ3n) is 2.17. The van der Waals surface area contributed by atoms with Gasteiger partial charge in [0.1, 0.15) is 0 Å². The minimum atomic E-state index is 1.01. The molecule has 2 nitrogen and oxygen atoms in total. The van der Waals surface area contributed by atoms with Crippen molar-refractivity contribution in [2.24, 2.45) is 0 Å². The van der Waals surface area contributed by atoms with E-state index in [2.05, 4.69) is 58.2 Å². The predicted octanol–water partition coefficient (Wildman–Crippen LogP) is 0.962. The Balaban J connectivity index is 1.96. The topological polar surface area (TPSA) is 7.76 Å². The van der Waals surface area contributed by atoms with Crippen LogP contribution in [0.5, 0.6) is 0 Å². The highest BCUT2D eigenvalue weighted by atomic mass is 15.0. The molecule has 0 saturated carbocycles. The van der Waals surface area contributed by atoms with Crippen LogP contribution in [0.25, 0.3) is 0 Å². The van der Waals surface area contributed by atoms with Gasteiger partial charge in [0, 0.05) is 24.3 Å². The Morgan fingerprint density at radius 2 is 0.857 bits per heavy atom. The molecule has 0 fully saturated rings. The zero-order valence-electron chi connectivity index (χ0n) is 8.08. The first kappa shape index (κ1) is 8.88. The summed E-state index contributed by atoms with van der Waals surface area (Å²) in [7, 11) is 0. The summed E-state index contributed by atoms with van der Waals surface area (Å²) in [6.07, 6.45) is 8.35. The number of rotatable bonds is 3. The average Bonchev–Trinajstić information content (AvgIpc) is 2.29. The van der Waals surface area contributed by atoms with E-state index in [1.807, 2.05) is 12.1 Å². The molecule has 2 heterocycles. The molecule has 70 valence electrons. The van der Waals surface area contributed by atoms with Gasteiger partial charge in [0.2, 0.25) is 13.1 Å². The molecule has 0 unspecified atom stereocenters. The van der Waals surface area contributed by atoms with Crippen LogP contribution in [0.15, 0.2) is 61.2 Å². The molecule has 2 aromatic rings. The summed E-state index contributed by atoms with van der Waals surface area (Å²) in [5, 5.41) is 0. The van der Waals surface area contributed by atoms with Gasteiger partial charge in [-0.1, -0.05) is 12.1 Å². The zero-order chi connectivity index (χ0) is 9.64. The third kappa shape index (κ3) is 2.39. The summed E-state index contributed by atoms with van der Waals surface area (Å²) in [6.45, 7) is 2.02. The molecular formula is C12H14N2+2. The Morgan fingerprint density at radius 3 is 1.21 bits per heavy atom. The van der Waals surface area contributed by atoms with Crippen LogP contribution in [0.2, 0.25) is 0 Å². The number of aryl methyl sites for hydroxylation is 2. The Bertz CT molecular complexity index is 331. The SMILES string of the molecule is c1cc[n+](CC[n+]2ccccc2)cc1. The van der Waals surface area contributed by atoms with Crippen LogP contribution in [0, 0.1) is 0 Å². The highest BCUT2D eigenvalue weighted by Gasteiger charge is 2.02. The number of hydrogen-bond donors (Lipinski definition) is 0. The van der Waals surface area contributed by atoms with E-state index in [1.54, 1.807) is 0 Å². The van der Waals surface area contributed by atoms with Crippen LogP contribution < -0.4 is 9.13 Å². The smallest absolute Gasteiger partial charge is 0.198 e. The number of pyridine rings is 2. The molecule has 0 bridgehead atoms. The van der Waals surface area contributed by atoms with E-state index in [0.29, 0.717) is 0 Å². The van der Waals surface area contributed by atoms with Crippen LogP contribution >= 0.6 is 0 Å². The van der Waals surface area contributed by atoms with E-state index in [0.717, 1.165) is 13.1 Å². The lowest BCUT2D eigenvalue weighted by atomic mass is 10.4. The Kier molecular flexibility index (Phi) is 2.86. The molecule has 0 spiro atoms. The van der Waals surface area contributed by atoms with Gasteiger partial charge in [0.25, 0.3) is 0 Å². The summed E-state index contributed by atoms with van der Waals surface area (Å²) in [6, 6.07) is 12.3. The quantitative estimate of drug-likeness (QED) is 0.631. The van der Waals surface area contributed by atoms with E-state index in [4.69, 9.17) is 0 Å². The lowest BCUT2D eigenvalue weighted by Gasteiger charge is -1.93. The average molecular weight is 186 g/mol. The van der Waals surface area contributed by atoms with Crippen LogP contribution in [-0.2, 0) is 13.1 Å². The first-order valence-corrected chi connectivity index (χ1v) is 4.83. The van der Waals surface area contributed by atoms with Crippen LogP contribution in [-0.4, -0.2) is 0 Å². The summed E-state index contributed by atoms with van der Waals surface area (Å²) >= 11 is 0. The second-order valence-corrected chi connectivity index (χ2v) is 3.23. The van der Waals surface area contributed by atoms with Gasteiger partial charge in [-0.25, -0.2) is 0 Å². The Labute approximate surface area is 84.1 Å². The molecule has 0 aliphatic heterocycles.